The molecule has 98 valence electrons. The predicted molar refractivity (Wildman–Crippen MR) is 68.8 cm³/mol. The molecule has 0 atom stereocenters. The van der Waals surface area contributed by atoms with Gasteiger partial charge in [-0.1, -0.05) is 27.2 Å². The number of nitrogens with two attached hydrogens (primary N) is 1. The summed E-state index contributed by atoms with van der Waals surface area (Å²) in [6, 6.07) is 0. The van der Waals surface area contributed by atoms with Crippen LogP contribution in [-0.2, 0) is 10.0 Å². The summed E-state index contributed by atoms with van der Waals surface area (Å²) >= 11 is 0. The van der Waals surface area contributed by atoms with Gasteiger partial charge in [-0.05, 0) is 31.2 Å². The van der Waals surface area contributed by atoms with Crippen LogP contribution in [0.2, 0.25) is 0 Å². The highest BCUT2D eigenvalue weighted by atomic mass is 32.2. The van der Waals surface area contributed by atoms with Crippen LogP contribution in [0.3, 0.4) is 0 Å². The molecule has 3 N–H and O–H groups in total. The number of unbranched alkanes of at least 4 members (excludes halogenated alkanes) is 1. The molecular formula is C11H26N2O2S. The summed E-state index contributed by atoms with van der Waals surface area (Å²) in [6.07, 6.45) is 3.50. The summed E-state index contributed by atoms with van der Waals surface area (Å²) < 4.78 is 25.8. The van der Waals surface area contributed by atoms with Crippen LogP contribution in [0.5, 0.6) is 0 Å². The molecule has 0 aromatic heterocycles. The fraction of sp³-hybridized carbons (Fsp3) is 1.00. The zero-order chi connectivity index (χ0) is 12.7. The van der Waals surface area contributed by atoms with Gasteiger partial charge in [0.25, 0.3) is 0 Å². The molecule has 0 heterocycles. The molecule has 0 saturated heterocycles. The molecule has 0 aliphatic carbocycles. The molecular weight excluding hydrogens is 224 g/mol. The number of nitrogens with one attached hydrogen (secondary N) is 1. The zero-order valence-electron chi connectivity index (χ0n) is 10.8. The van der Waals surface area contributed by atoms with Crippen LogP contribution in [0.1, 0.15) is 46.5 Å². The molecule has 0 saturated carbocycles. The first kappa shape index (κ1) is 15.9. The van der Waals surface area contributed by atoms with Crippen LogP contribution in [0, 0.1) is 5.41 Å². The van der Waals surface area contributed by atoms with Crippen LogP contribution < -0.4 is 10.5 Å². The molecule has 0 amide bonds. The molecule has 5 heteroatoms. The van der Waals surface area contributed by atoms with Gasteiger partial charge in [-0.15, -0.1) is 0 Å². The van der Waals surface area contributed by atoms with E-state index in [0.717, 1.165) is 25.7 Å². The molecule has 0 unspecified atom stereocenters. The molecule has 0 fully saturated rings. The number of sulfonamides is 1. The third-order valence-corrected chi connectivity index (χ3v) is 4.01. The SMILES string of the molecule is CCCCS(=O)(=O)NCC(C)(C)CCCN. The third-order valence-electron chi connectivity index (χ3n) is 2.59. The van der Waals surface area contributed by atoms with Crippen molar-refractivity contribution in [2.24, 2.45) is 11.1 Å². The molecule has 4 nitrogen and oxygen atoms in total. The smallest absolute Gasteiger partial charge is 0.211 e. The van der Waals surface area contributed by atoms with Gasteiger partial charge >= 0.3 is 0 Å². The minimum atomic E-state index is -3.08. The van der Waals surface area contributed by atoms with Gasteiger partial charge in [-0.3, -0.25) is 0 Å². The predicted octanol–water partition coefficient (Wildman–Crippen LogP) is 1.47. The number of hydrogen-bond acceptors (Lipinski definition) is 3. The van der Waals surface area contributed by atoms with Crippen molar-refractivity contribution in [3.63, 3.8) is 0 Å². The topological polar surface area (TPSA) is 72.2 Å². The van der Waals surface area contributed by atoms with Crippen molar-refractivity contribution in [2.75, 3.05) is 18.8 Å². The Morgan fingerprint density at radius 3 is 2.38 bits per heavy atom. The third kappa shape index (κ3) is 8.07. The second-order valence-electron chi connectivity index (χ2n) is 5.05. The Morgan fingerprint density at radius 1 is 1.25 bits per heavy atom. The Kier molecular flexibility index (Phi) is 7.19. The largest absolute Gasteiger partial charge is 0.330 e. The number of rotatable bonds is 9. The van der Waals surface area contributed by atoms with Crippen LogP contribution in [-0.4, -0.2) is 27.3 Å². The lowest BCUT2D eigenvalue weighted by Gasteiger charge is -2.24. The second kappa shape index (κ2) is 7.25. The summed E-state index contributed by atoms with van der Waals surface area (Å²) in [5, 5.41) is 0. The van der Waals surface area contributed by atoms with Crippen molar-refractivity contribution in [1.29, 1.82) is 0 Å². The van der Waals surface area contributed by atoms with Crippen molar-refractivity contribution in [3.8, 4) is 0 Å². The molecule has 0 aromatic carbocycles. The fourth-order valence-electron chi connectivity index (χ4n) is 1.38. The maximum atomic E-state index is 11.6. The first-order valence-corrected chi connectivity index (χ1v) is 7.65. The van der Waals surface area contributed by atoms with Crippen molar-refractivity contribution in [1.82, 2.24) is 4.72 Å². The molecule has 16 heavy (non-hydrogen) atoms. The maximum Gasteiger partial charge on any atom is 0.211 e. The standard InChI is InChI=1S/C11H26N2O2S/c1-4-5-9-16(14,15)13-10-11(2,3)7-6-8-12/h13H,4-10,12H2,1-3H3. The van der Waals surface area contributed by atoms with Gasteiger partial charge in [-0.2, -0.15) is 0 Å². The summed E-state index contributed by atoms with van der Waals surface area (Å²) in [5.41, 5.74) is 5.43. The quantitative estimate of drug-likeness (QED) is 0.651. The Bertz CT molecular complexity index is 274. The highest BCUT2D eigenvalue weighted by molar-refractivity contribution is 7.89. The van der Waals surface area contributed by atoms with Crippen molar-refractivity contribution in [3.05, 3.63) is 0 Å². The van der Waals surface area contributed by atoms with Gasteiger partial charge in [0.2, 0.25) is 10.0 Å². The van der Waals surface area contributed by atoms with E-state index in [9.17, 15) is 8.42 Å². The van der Waals surface area contributed by atoms with Crippen molar-refractivity contribution in [2.45, 2.75) is 46.5 Å². The van der Waals surface area contributed by atoms with Crippen LogP contribution >= 0.6 is 0 Å². The maximum absolute atomic E-state index is 11.6. The van der Waals surface area contributed by atoms with Gasteiger partial charge in [0, 0.05) is 6.54 Å². The molecule has 0 aromatic rings. The summed E-state index contributed by atoms with van der Waals surface area (Å²) in [4.78, 5) is 0. The Morgan fingerprint density at radius 2 is 1.88 bits per heavy atom. The first-order valence-electron chi connectivity index (χ1n) is 6.00. The van der Waals surface area contributed by atoms with Crippen LogP contribution in [0.25, 0.3) is 0 Å². The molecule has 0 aliphatic heterocycles. The van der Waals surface area contributed by atoms with E-state index in [1.165, 1.54) is 0 Å². The molecule has 0 rings (SSSR count). The lowest BCUT2D eigenvalue weighted by molar-refractivity contribution is 0.327. The van der Waals surface area contributed by atoms with E-state index in [1.807, 2.05) is 6.92 Å². The Labute approximate surface area is 100 Å². The molecule has 0 bridgehead atoms. The van der Waals surface area contributed by atoms with Crippen molar-refractivity contribution < 1.29 is 8.42 Å². The normalized spacial score (nSPS) is 13.0. The van der Waals surface area contributed by atoms with E-state index in [4.69, 9.17) is 5.73 Å². The van der Waals surface area contributed by atoms with Gasteiger partial charge in [-0.25, -0.2) is 13.1 Å². The van der Waals surface area contributed by atoms with Gasteiger partial charge in [0.15, 0.2) is 0 Å². The lowest BCUT2D eigenvalue weighted by atomic mass is 9.88. The van der Waals surface area contributed by atoms with Crippen LogP contribution in [0.15, 0.2) is 0 Å². The molecule has 0 aliphatic rings. The van der Waals surface area contributed by atoms with E-state index in [1.54, 1.807) is 0 Å². The first-order chi connectivity index (χ1) is 7.33. The lowest BCUT2D eigenvalue weighted by Crippen LogP contribution is -2.35. The highest BCUT2D eigenvalue weighted by Gasteiger charge is 2.20. The summed E-state index contributed by atoms with van der Waals surface area (Å²) in [6.45, 7) is 7.27. The monoisotopic (exact) mass is 250 g/mol. The Hall–Kier alpha value is -0.130. The second-order valence-corrected chi connectivity index (χ2v) is 6.98. The van der Waals surface area contributed by atoms with E-state index >= 15 is 0 Å². The molecule has 0 radical (unpaired) electrons. The van der Waals surface area contributed by atoms with Gasteiger partial charge in [0.1, 0.15) is 0 Å². The van der Waals surface area contributed by atoms with Gasteiger partial charge < -0.3 is 5.73 Å². The highest BCUT2D eigenvalue weighted by Crippen LogP contribution is 2.20. The van der Waals surface area contributed by atoms with Gasteiger partial charge in [0.05, 0.1) is 5.75 Å². The van der Waals surface area contributed by atoms with E-state index in [-0.39, 0.29) is 11.2 Å². The Balaban J connectivity index is 4.02. The zero-order valence-corrected chi connectivity index (χ0v) is 11.6. The minimum Gasteiger partial charge on any atom is -0.330 e. The minimum absolute atomic E-state index is 0.0152. The average Bonchev–Trinajstić information content (AvgIpc) is 2.22. The number of hydrogen-bond donors (Lipinski definition) is 2. The fourth-order valence-corrected chi connectivity index (χ4v) is 2.80. The van der Waals surface area contributed by atoms with E-state index in [2.05, 4.69) is 18.6 Å². The van der Waals surface area contributed by atoms with E-state index < -0.39 is 10.0 Å². The van der Waals surface area contributed by atoms with Crippen LogP contribution in [0.4, 0.5) is 0 Å². The summed E-state index contributed by atoms with van der Waals surface area (Å²) in [7, 11) is -3.08. The average molecular weight is 250 g/mol. The summed E-state index contributed by atoms with van der Waals surface area (Å²) in [5.74, 6) is 0.233. The molecule has 0 spiro atoms. The van der Waals surface area contributed by atoms with Crippen molar-refractivity contribution >= 4 is 10.0 Å². The van der Waals surface area contributed by atoms with E-state index in [0.29, 0.717) is 13.1 Å².